The van der Waals surface area contributed by atoms with Crippen LogP contribution in [0.25, 0.3) is 11.3 Å². The van der Waals surface area contributed by atoms with E-state index in [-0.39, 0.29) is 23.5 Å². The lowest BCUT2D eigenvalue weighted by atomic mass is 10.0. The third-order valence-corrected chi connectivity index (χ3v) is 8.11. The molecule has 1 fully saturated rings. The van der Waals surface area contributed by atoms with Crippen LogP contribution in [0.5, 0.6) is 0 Å². The Morgan fingerprint density at radius 2 is 1.43 bits per heavy atom. The van der Waals surface area contributed by atoms with Crippen LogP contribution in [-0.2, 0) is 0 Å². The number of pyridine rings is 1. The van der Waals surface area contributed by atoms with Crippen LogP contribution < -0.4 is 10.2 Å². The predicted octanol–water partition coefficient (Wildman–Crippen LogP) is 7.49. The van der Waals surface area contributed by atoms with E-state index in [0.717, 1.165) is 21.2 Å². The molecule has 208 valence electrons. The van der Waals surface area contributed by atoms with E-state index in [2.05, 4.69) is 10.3 Å². The second kappa shape index (κ2) is 11.4. The van der Waals surface area contributed by atoms with E-state index in [0.29, 0.717) is 22.2 Å². The van der Waals surface area contributed by atoms with Crippen LogP contribution in [0.15, 0.2) is 124 Å². The molecule has 12 heteroatoms. The molecule has 5 aromatic rings. The first-order valence-corrected chi connectivity index (χ1v) is 14.0. The van der Waals surface area contributed by atoms with Crippen LogP contribution in [0.4, 0.5) is 17.1 Å². The van der Waals surface area contributed by atoms with E-state index in [4.69, 9.17) is 16.6 Å². The van der Waals surface area contributed by atoms with Gasteiger partial charge in [0.2, 0.25) is 0 Å². The summed E-state index contributed by atoms with van der Waals surface area (Å²) in [7, 11) is 0. The van der Waals surface area contributed by atoms with Crippen LogP contribution >= 0.6 is 24.0 Å². The zero-order chi connectivity index (χ0) is 29.2. The van der Waals surface area contributed by atoms with Crippen LogP contribution in [0.2, 0.25) is 0 Å². The number of nitro benzene ring substituents is 2. The van der Waals surface area contributed by atoms with Gasteiger partial charge in [0, 0.05) is 51.5 Å². The number of hydrogen-bond donors (Lipinski definition) is 1. The summed E-state index contributed by atoms with van der Waals surface area (Å²) < 4.78 is 6.34. The van der Waals surface area contributed by atoms with Crippen molar-refractivity contribution in [3.63, 3.8) is 0 Å². The van der Waals surface area contributed by atoms with Gasteiger partial charge in [0.05, 0.1) is 21.6 Å². The molecule has 2 aromatic heterocycles. The van der Waals surface area contributed by atoms with E-state index in [9.17, 15) is 20.2 Å². The first kappa shape index (κ1) is 27.1. The van der Waals surface area contributed by atoms with Gasteiger partial charge in [0.1, 0.15) is 17.6 Å². The quantitative estimate of drug-likeness (QED) is 0.109. The molecule has 42 heavy (non-hydrogen) atoms. The standard InChI is InChI=1S/C30H21N5O5S2/c36-34(37)21-6-4-19(5-7-21)26-16-17-27(40-26)29-28(25-3-1-2-18-31-25)32-30(41)33(29)20-8-12-23(13-9-20)42-24-14-10-22(11-15-24)35(38)39/h1-18,28-29H,(H,32,41)/t28-,29-/m1/s1. The lowest BCUT2D eigenvalue weighted by Crippen LogP contribution is -2.29. The second-order valence-corrected chi connectivity index (χ2v) is 10.9. The van der Waals surface area contributed by atoms with Gasteiger partial charge >= 0.3 is 0 Å². The van der Waals surface area contributed by atoms with Gasteiger partial charge in [-0.1, -0.05) is 17.8 Å². The summed E-state index contributed by atoms with van der Waals surface area (Å²) >= 11 is 7.31. The fourth-order valence-electron chi connectivity index (χ4n) is 4.78. The molecule has 1 aliphatic heterocycles. The number of nitro groups is 2. The maximum absolute atomic E-state index is 11.1. The van der Waals surface area contributed by atoms with Crippen LogP contribution in [-0.4, -0.2) is 19.9 Å². The van der Waals surface area contributed by atoms with Gasteiger partial charge in [0.25, 0.3) is 11.4 Å². The molecule has 0 radical (unpaired) electrons. The van der Waals surface area contributed by atoms with Crippen molar-refractivity contribution in [1.82, 2.24) is 10.3 Å². The highest BCUT2D eigenvalue weighted by molar-refractivity contribution is 7.99. The highest BCUT2D eigenvalue weighted by Gasteiger charge is 2.42. The Kier molecular flexibility index (Phi) is 7.38. The topological polar surface area (TPSA) is 128 Å². The van der Waals surface area contributed by atoms with Crippen molar-refractivity contribution in [1.29, 1.82) is 0 Å². The van der Waals surface area contributed by atoms with Gasteiger partial charge in [-0.05, 0) is 85.0 Å². The first-order chi connectivity index (χ1) is 20.4. The Hall–Kier alpha value is -5.07. The van der Waals surface area contributed by atoms with Crippen molar-refractivity contribution in [3.05, 3.63) is 141 Å². The minimum atomic E-state index is -0.437. The van der Waals surface area contributed by atoms with Gasteiger partial charge in [-0.15, -0.1) is 0 Å². The molecule has 0 unspecified atom stereocenters. The summed E-state index contributed by atoms with van der Waals surface area (Å²) in [5.41, 5.74) is 2.41. The molecule has 2 atom stereocenters. The van der Waals surface area contributed by atoms with Crippen LogP contribution in [0.3, 0.4) is 0 Å². The fourth-order valence-corrected chi connectivity index (χ4v) is 5.95. The summed E-state index contributed by atoms with van der Waals surface area (Å²) in [4.78, 5) is 29.6. The number of non-ortho nitro benzene ring substituents is 2. The normalized spacial score (nSPS) is 16.3. The zero-order valence-electron chi connectivity index (χ0n) is 21.7. The van der Waals surface area contributed by atoms with Gasteiger partial charge in [-0.25, -0.2) is 0 Å². The first-order valence-electron chi connectivity index (χ1n) is 12.7. The van der Waals surface area contributed by atoms with Gasteiger partial charge in [-0.3, -0.25) is 25.2 Å². The van der Waals surface area contributed by atoms with E-state index in [1.807, 2.05) is 59.5 Å². The Morgan fingerprint density at radius 1 is 0.810 bits per heavy atom. The summed E-state index contributed by atoms with van der Waals surface area (Å²) in [6, 6.07) is 29.3. The molecular formula is C30H21N5O5S2. The third kappa shape index (κ3) is 5.45. The van der Waals surface area contributed by atoms with Crippen LogP contribution in [0.1, 0.15) is 23.5 Å². The summed E-state index contributed by atoms with van der Waals surface area (Å²) in [6.07, 6.45) is 1.73. The Balaban J connectivity index is 1.31. The lowest BCUT2D eigenvalue weighted by Gasteiger charge is -2.26. The van der Waals surface area contributed by atoms with Crippen molar-refractivity contribution in [2.75, 3.05) is 4.90 Å². The molecule has 3 aromatic carbocycles. The molecule has 0 spiro atoms. The molecule has 1 saturated heterocycles. The largest absolute Gasteiger partial charge is 0.459 e. The number of anilines is 1. The van der Waals surface area contributed by atoms with E-state index < -0.39 is 9.85 Å². The number of hydrogen-bond acceptors (Lipinski definition) is 8. The second-order valence-electron chi connectivity index (χ2n) is 9.35. The van der Waals surface area contributed by atoms with Crippen molar-refractivity contribution < 1.29 is 14.3 Å². The maximum atomic E-state index is 11.1. The number of nitrogens with zero attached hydrogens (tertiary/aromatic N) is 4. The average Bonchev–Trinajstić information content (AvgIpc) is 3.63. The molecule has 3 heterocycles. The Labute approximate surface area is 249 Å². The molecule has 1 aliphatic rings. The fraction of sp³-hybridized carbons (Fsp3) is 0.0667. The van der Waals surface area contributed by atoms with Crippen molar-refractivity contribution in [2.45, 2.75) is 21.9 Å². The molecule has 6 rings (SSSR count). The molecule has 0 amide bonds. The molecule has 10 nitrogen and oxygen atoms in total. The predicted molar refractivity (Wildman–Crippen MR) is 162 cm³/mol. The summed E-state index contributed by atoms with van der Waals surface area (Å²) in [6.45, 7) is 0. The number of nitrogens with one attached hydrogen (secondary N) is 1. The monoisotopic (exact) mass is 595 g/mol. The van der Waals surface area contributed by atoms with Gasteiger partial charge in [-0.2, -0.15) is 0 Å². The van der Waals surface area contributed by atoms with Crippen molar-refractivity contribution in [2.24, 2.45) is 0 Å². The highest BCUT2D eigenvalue weighted by Crippen LogP contribution is 2.43. The number of rotatable bonds is 8. The SMILES string of the molecule is O=[N+]([O-])c1ccc(Sc2ccc(N3C(=S)N[C@H](c4ccccn4)[C@H]3c3ccc(-c4ccc([N+](=O)[O-])cc4)o3)cc2)cc1. The van der Waals surface area contributed by atoms with Crippen molar-refractivity contribution in [3.8, 4) is 11.3 Å². The minimum Gasteiger partial charge on any atom is -0.459 e. The molecule has 1 N–H and O–H groups in total. The van der Waals surface area contributed by atoms with E-state index >= 15 is 0 Å². The minimum absolute atomic E-state index is 0.00690. The summed E-state index contributed by atoms with van der Waals surface area (Å²) in [5, 5.41) is 25.9. The van der Waals surface area contributed by atoms with Gasteiger partial charge in [0.15, 0.2) is 5.11 Å². The molecular weight excluding hydrogens is 574 g/mol. The van der Waals surface area contributed by atoms with E-state index in [1.165, 1.54) is 36.0 Å². The van der Waals surface area contributed by atoms with Crippen LogP contribution in [0, 0.1) is 20.2 Å². The highest BCUT2D eigenvalue weighted by atomic mass is 32.2. The van der Waals surface area contributed by atoms with Crippen molar-refractivity contribution >= 4 is 46.2 Å². The summed E-state index contributed by atoms with van der Waals surface area (Å²) in [5.74, 6) is 1.22. The van der Waals surface area contributed by atoms with E-state index in [1.54, 1.807) is 30.5 Å². The average molecular weight is 596 g/mol. The Bertz CT molecular complexity index is 1760. The third-order valence-electron chi connectivity index (χ3n) is 6.78. The molecule has 0 aliphatic carbocycles. The van der Waals surface area contributed by atoms with Gasteiger partial charge < -0.3 is 14.6 Å². The number of benzene rings is 3. The zero-order valence-corrected chi connectivity index (χ0v) is 23.3. The smallest absolute Gasteiger partial charge is 0.269 e. The molecule has 0 bridgehead atoms. The number of aromatic nitrogens is 1. The number of furan rings is 1. The number of thiocarbonyl (C=S) groups is 1. The maximum Gasteiger partial charge on any atom is 0.269 e. The Morgan fingerprint density at radius 3 is 2.02 bits per heavy atom. The molecule has 0 saturated carbocycles. The lowest BCUT2D eigenvalue weighted by molar-refractivity contribution is -0.385.